The molecular weight excluding hydrogens is 324 g/mol. The largest absolute Gasteiger partial charge is 0.497 e. The highest BCUT2D eigenvalue weighted by atomic mass is 16.5. The Morgan fingerprint density at radius 2 is 1.73 bits per heavy atom. The fourth-order valence-electron chi connectivity index (χ4n) is 3.43. The number of nitrogens with zero attached hydrogens (tertiary/aromatic N) is 1. The van der Waals surface area contributed by atoms with Gasteiger partial charge in [0.05, 0.1) is 7.11 Å². The van der Waals surface area contributed by atoms with E-state index in [9.17, 15) is 4.79 Å². The van der Waals surface area contributed by atoms with Crippen molar-refractivity contribution in [1.82, 2.24) is 10.2 Å². The van der Waals surface area contributed by atoms with E-state index >= 15 is 0 Å². The molecule has 1 amide bonds. The van der Waals surface area contributed by atoms with Gasteiger partial charge in [-0.1, -0.05) is 42.5 Å². The molecule has 0 spiro atoms. The van der Waals surface area contributed by atoms with Gasteiger partial charge < -0.3 is 15.0 Å². The molecule has 1 saturated heterocycles. The van der Waals surface area contributed by atoms with Crippen LogP contribution in [0.3, 0.4) is 0 Å². The normalized spacial score (nSPS) is 15.6. The molecule has 0 radical (unpaired) electrons. The SMILES string of the molecule is COc1ccc(CNC(=O)C2CCN(CCc3ccccc3)CC2)cc1. The average Bonchev–Trinajstić information content (AvgIpc) is 2.72. The average molecular weight is 352 g/mol. The first-order valence-corrected chi connectivity index (χ1v) is 9.41. The second-order valence-corrected chi connectivity index (χ2v) is 6.92. The molecule has 0 atom stereocenters. The van der Waals surface area contributed by atoms with Crippen molar-refractivity contribution in [2.75, 3.05) is 26.7 Å². The van der Waals surface area contributed by atoms with Gasteiger partial charge in [0.15, 0.2) is 0 Å². The number of hydrogen-bond acceptors (Lipinski definition) is 3. The van der Waals surface area contributed by atoms with Crippen LogP contribution in [0.25, 0.3) is 0 Å². The molecule has 138 valence electrons. The molecular formula is C22H28N2O2. The topological polar surface area (TPSA) is 41.6 Å². The third kappa shape index (κ3) is 5.33. The van der Waals surface area contributed by atoms with Crippen LogP contribution in [0.4, 0.5) is 0 Å². The first-order chi connectivity index (χ1) is 12.7. The molecule has 1 aliphatic rings. The Kier molecular flexibility index (Phi) is 6.67. The molecule has 0 bridgehead atoms. The van der Waals surface area contributed by atoms with E-state index in [1.165, 1.54) is 5.56 Å². The van der Waals surface area contributed by atoms with Gasteiger partial charge in [-0.2, -0.15) is 0 Å². The third-order valence-corrected chi connectivity index (χ3v) is 5.14. The first-order valence-electron chi connectivity index (χ1n) is 9.41. The van der Waals surface area contributed by atoms with Crippen molar-refractivity contribution >= 4 is 5.91 Å². The van der Waals surface area contributed by atoms with E-state index in [2.05, 4.69) is 40.5 Å². The second kappa shape index (κ2) is 9.39. The monoisotopic (exact) mass is 352 g/mol. The van der Waals surface area contributed by atoms with E-state index in [1.54, 1.807) is 7.11 Å². The molecule has 4 nitrogen and oxygen atoms in total. The fraction of sp³-hybridized carbons (Fsp3) is 0.409. The number of methoxy groups -OCH3 is 1. The number of nitrogens with one attached hydrogen (secondary N) is 1. The maximum Gasteiger partial charge on any atom is 0.223 e. The summed E-state index contributed by atoms with van der Waals surface area (Å²) in [4.78, 5) is 14.9. The number of likely N-dealkylation sites (tertiary alicyclic amines) is 1. The summed E-state index contributed by atoms with van der Waals surface area (Å²) in [6.45, 7) is 3.67. The molecule has 0 unspecified atom stereocenters. The third-order valence-electron chi connectivity index (χ3n) is 5.14. The number of piperidine rings is 1. The quantitative estimate of drug-likeness (QED) is 0.832. The Labute approximate surface area is 156 Å². The Balaban J connectivity index is 1.37. The summed E-state index contributed by atoms with van der Waals surface area (Å²) in [6, 6.07) is 18.4. The van der Waals surface area contributed by atoms with Crippen molar-refractivity contribution in [2.45, 2.75) is 25.8 Å². The molecule has 0 aromatic heterocycles. The Hall–Kier alpha value is -2.33. The molecule has 0 aliphatic carbocycles. The van der Waals surface area contributed by atoms with Gasteiger partial charge in [-0.25, -0.2) is 0 Å². The summed E-state index contributed by atoms with van der Waals surface area (Å²) in [7, 11) is 1.66. The lowest BCUT2D eigenvalue weighted by Crippen LogP contribution is -2.41. The highest BCUT2D eigenvalue weighted by molar-refractivity contribution is 5.78. The Morgan fingerprint density at radius 3 is 2.38 bits per heavy atom. The van der Waals surface area contributed by atoms with E-state index in [4.69, 9.17) is 4.74 Å². The second-order valence-electron chi connectivity index (χ2n) is 6.92. The van der Waals surface area contributed by atoms with E-state index in [0.29, 0.717) is 6.54 Å². The van der Waals surface area contributed by atoms with Crippen molar-refractivity contribution in [2.24, 2.45) is 5.92 Å². The van der Waals surface area contributed by atoms with Crippen LogP contribution in [0.1, 0.15) is 24.0 Å². The number of ether oxygens (including phenoxy) is 1. The number of hydrogen-bond donors (Lipinski definition) is 1. The zero-order valence-corrected chi connectivity index (χ0v) is 15.5. The van der Waals surface area contributed by atoms with Crippen LogP contribution >= 0.6 is 0 Å². The van der Waals surface area contributed by atoms with E-state index in [1.807, 2.05) is 24.3 Å². The molecule has 2 aromatic rings. The predicted molar refractivity (Wildman–Crippen MR) is 104 cm³/mol. The maximum atomic E-state index is 12.4. The van der Waals surface area contributed by atoms with Gasteiger partial charge in [-0.15, -0.1) is 0 Å². The number of benzene rings is 2. The predicted octanol–water partition coefficient (Wildman–Crippen LogP) is 3.27. The molecule has 2 aromatic carbocycles. The first kappa shape index (κ1) is 18.5. The summed E-state index contributed by atoms with van der Waals surface area (Å²) < 4.78 is 5.16. The maximum absolute atomic E-state index is 12.4. The lowest BCUT2D eigenvalue weighted by atomic mass is 9.95. The van der Waals surface area contributed by atoms with Crippen molar-refractivity contribution in [1.29, 1.82) is 0 Å². The summed E-state index contributed by atoms with van der Waals surface area (Å²) in [5.74, 6) is 1.16. The number of rotatable bonds is 7. The van der Waals surface area contributed by atoms with Gasteiger partial charge in [0.1, 0.15) is 5.75 Å². The van der Waals surface area contributed by atoms with E-state index in [-0.39, 0.29) is 11.8 Å². The lowest BCUT2D eigenvalue weighted by molar-refractivity contribution is -0.126. The minimum Gasteiger partial charge on any atom is -0.497 e. The van der Waals surface area contributed by atoms with Gasteiger partial charge in [-0.05, 0) is 55.6 Å². The summed E-state index contributed by atoms with van der Waals surface area (Å²) in [6.07, 6.45) is 2.97. The Morgan fingerprint density at radius 1 is 1.04 bits per heavy atom. The molecule has 1 aliphatic heterocycles. The highest BCUT2D eigenvalue weighted by Gasteiger charge is 2.24. The molecule has 26 heavy (non-hydrogen) atoms. The highest BCUT2D eigenvalue weighted by Crippen LogP contribution is 2.18. The fourth-order valence-corrected chi connectivity index (χ4v) is 3.43. The van der Waals surface area contributed by atoms with Gasteiger partial charge in [0, 0.05) is 19.0 Å². The Bertz CT molecular complexity index is 677. The van der Waals surface area contributed by atoms with Crippen LogP contribution < -0.4 is 10.1 Å². The molecule has 0 saturated carbocycles. The van der Waals surface area contributed by atoms with Gasteiger partial charge >= 0.3 is 0 Å². The summed E-state index contributed by atoms with van der Waals surface area (Å²) in [5.41, 5.74) is 2.48. The van der Waals surface area contributed by atoms with E-state index in [0.717, 1.165) is 50.2 Å². The molecule has 3 rings (SSSR count). The number of amides is 1. The molecule has 1 fully saturated rings. The van der Waals surface area contributed by atoms with Crippen LogP contribution in [-0.4, -0.2) is 37.6 Å². The summed E-state index contributed by atoms with van der Waals surface area (Å²) >= 11 is 0. The van der Waals surface area contributed by atoms with Gasteiger partial charge in [0.25, 0.3) is 0 Å². The van der Waals surface area contributed by atoms with Crippen LogP contribution in [0.2, 0.25) is 0 Å². The minimum atomic E-state index is 0.140. The van der Waals surface area contributed by atoms with Crippen molar-refractivity contribution < 1.29 is 9.53 Å². The standard InChI is InChI=1S/C22H28N2O2/c1-26-21-9-7-19(8-10-21)17-23-22(25)20-12-15-24(16-13-20)14-11-18-5-3-2-4-6-18/h2-10,20H,11-17H2,1H3,(H,23,25). The van der Waals surface area contributed by atoms with Crippen LogP contribution in [-0.2, 0) is 17.8 Å². The van der Waals surface area contributed by atoms with Crippen molar-refractivity contribution in [3.63, 3.8) is 0 Å². The van der Waals surface area contributed by atoms with E-state index < -0.39 is 0 Å². The molecule has 1 N–H and O–H groups in total. The summed E-state index contributed by atoms with van der Waals surface area (Å²) in [5, 5.41) is 3.08. The van der Waals surface area contributed by atoms with Gasteiger partial charge in [0.2, 0.25) is 5.91 Å². The molecule has 4 heteroatoms. The number of carbonyl (C=O) groups excluding carboxylic acids is 1. The number of carbonyl (C=O) groups is 1. The van der Waals surface area contributed by atoms with Crippen LogP contribution in [0.5, 0.6) is 5.75 Å². The molecule has 1 heterocycles. The van der Waals surface area contributed by atoms with Crippen LogP contribution in [0.15, 0.2) is 54.6 Å². The van der Waals surface area contributed by atoms with Crippen molar-refractivity contribution in [3.05, 3.63) is 65.7 Å². The smallest absolute Gasteiger partial charge is 0.223 e. The van der Waals surface area contributed by atoms with Crippen molar-refractivity contribution in [3.8, 4) is 5.75 Å². The van der Waals surface area contributed by atoms with Crippen LogP contribution in [0, 0.1) is 5.92 Å². The minimum absolute atomic E-state index is 0.140. The zero-order valence-electron chi connectivity index (χ0n) is 15.5. The van der Waals surface area contributed by atoms with Gasteiger partial charge in [-0.3, -0.25) is 4.79 Å². The zero-order chi connectivity index (χ0) is 18.2. The lowest BCUT2D eigenvalue weighted by Gasteiger charge is -2.31.